The number of sulfonamides is 1. The van der Waals surface area contributed by atoms with Gasteiger partial charge in [0.25, 0.3) is 15.9 Å². The number of hydrogen-bond donors (Lipinski definition) is 0. The van der Waals surface area contributed by atoms with E-state index >= 15 is 0 Å². The summed E-state index contributed by atoms with van der Waals surface area (Å²) in [4.78, 5) is 11.7. The third kappa shape index (κ3) is 1.95. The molecule has 0 atom stereocenters. The average Bonchev–Trinajstić information content (AvgIpc) is 2.71. The molecule has 1 aliphatic rings. The minimum absolute atomic E-state index is 0.409. The number of nitrogens with zero attached hydrogens (tertiary/aromatic N) is 1. The van der Waals surface area contributed by atoms with E-state index in [2.05, 4.69) is 0 Å². The van der Waals surface area contributed by atoms with E-state index in [9.17, 15) is 35.2 Å². The minimum Gasteiger partial charge on any atom is -0.268 e. The number of fused-ring (bicyclic) bond motifs is 1. The number of carbonyl (C=O) groups is 1. The molecular weight excluding hydrogens is 357 g/mol. The van der Waals surface area contributed by atoms with Crippen LogP contribution < -0.4 is 4.31 Å². The summed E-state index contributed by atoms with van der Waals surface area (Å²) in [6, 6.07) is 3.48. The van der Waals surface area contributed by atoms with E-state index in [1.54, 1.807) is 0 Å². The maximum absolute atomic E-state index is 13.9. The smallest absolute Gasteiger partial charge is 0.268 e. The summed E-state index contributed by atoms with van der Waals surface area (Å²) in [6.07, 6.45) is 0. The first-order valence-electron chi connectivity index (χ1n) is 6.30. The quantitative estimate of drug-likeness (QED) is 0.445. The van der Waals surface area contributed by atoms with Crippen LogP contribution in [0.15, 0.2) is 23.1 Å². The van der Waals surface area contributed by atoms with Crippen LogP contribution in [0.3, 0.4) is 0 Å². The topological polar surface area (TPSA) is 54.5 Å². The molecule has 126 valence electrons. The van der Waals surface area contributed by atoms with E-state index in [4.69, 9.17) is 0 Å². The van der Waals surface area contributed by atoms with Gasteiger partial charge in [-0.05, 0) is 19.1 Å². The molecule has 1 aliphatic heterocycles. The highest BCUT2D eigenvalue weighted by Gasteiger charge is 2.46. The first-order valence-corrected chi connectivity index (χ1v) is 7.74. The van der Waals surface area contributed by atoms with Crippen molar-refractivity contribution >= 4 is 21.6 Å². The summed E-state index contributed by atoms with van der Waals surface area (Å²) in [5, 5.41) is 0. The second kappa shape index (κ2) is 5.00. The van der Waals surface area contributed by atoms with Gasteiger partial charge in [-0.2, -0.15) is 4.31 Å². The summed E-state index contributed by atoms with van der Waals surface area (Å²) in [7, 11) is -4.81. The van der Waals surface area contributed by atoms with E-state index in [0.29, 0.717) is 5.56 Å². The molecule has 0 unspecified atom stereocenters. The standard InChI is InChI=1S/C14H6F5NO3S/c1-5-2-3-7-6(4-5)14(21)20(24(7,22)23)13-11(18)9(16)8(15)10(17)12(13)19/h2-4H,1H3. The van der Waals surface area contributed by atoms with Gasteiger partial charge >= 0.3 is 0 Å². The molecule has 0 saturated carbocycles. The maximum Gasteiger partial charge on any atom is 0.273 e. The van der Waals surface area contributed by atoms with Gasteiger partial charge in [-0.1, -0.05) is 11.6 Å². The summed E-state index contributed by atoms with van der Waals surface area (Å²) in [5.74, 6) is -13.4. The van der Waals surface area contributed by atoms with Crippen molar-refractivity contribution in [2.75, 3.05) is 4.31 Å². The van der Waals surface area contributed by atoms with Gasteiger partial charge in [-0.3, -0.25) is 4.79 Å². The van der Waals surface area contributed by atoms with E-state index in [0.717, 1.165) is 12.1 Å². The van der Waals surface area contributed by atoms with Crippen LogP contribution in [0, 0.1) is 36.0 Å². The van der Waals surface area contributed by atoms with Crippen molar-refractivity contribution in [3.63, 3.8) is 0 Å². The molecule has 0 spiro atoms. The lowest BCUT2D eigenvalue weighted by molar-refractivity contribution is 0.101. The van der Waals surface area contributed by atoms with Crippen LogP contribution in [0.25, 0.3) is 0 Å². The lowest BCUT2D eigenvalue weighted by Gasteiger charge is -2.17. The number of aryl methyl sites for hydroxylation is 1. The predicted molar refractivity (Wildman–Crippen MR) is 71.4 cm³/mol. The monoisotopic (exact) mass is 363 g/mol. The van der Waals surface area contributed by atoms with E-state index in [-0.39, 0.29) is 0 Å². The van der Waals surface area contributed by atoms with Crippen molar-refractivity contribution in [2.45, 2.75) is 11.8 Å². The second-order valence-electron chi connectivity index (χ2n) is 4.99. The van der Waals surface area contributed by atoms with Crippen molar-refractivity contribution in [3.8, 4) is 0 Å². The zero-order chi connectivity index (χ0) is 18.0. The van der Waals surface area contributed by atoms with E-state index < -0.39 is 65.5 Å². The van der Waals surface area contributed by atoms with Crippen LogP contribution in [0.5, 0.6) is 0 Å². The first kappa shape index (κ1) is 16.4. The number of halogens is 5. The Balaban J connectivity index is 2.36. The SMILES string of the molecule is Cc1ccc2c(c1)C(=O)N(c1c(F)c(F)c(F)c(F)c1F)S2(=O)=O. The Morgan fingerprint density at radius 3 is 1.92 bits per heavy atom. The fourth-order valence-corrected chi connectivity index (χ4v) is 3.92. The highest BCUT2D eigenvalue weighted by Crippen LogP contribution is 2.39. The van der Waals surface area contributed by atoms with Crippen molar-refractivity contribution in [1.29, 1.82) is 0 Å². The molecule has 24 heavy (non-hydrogen) atoms. The Bertz CT molecular complexity index is 991. The number of rotatable bonds is 1. The molecule has 10 heteroatoms. The molecule has 0 bridgehead atoms. The van der Waals surface area contributed by atoms with Crippen molar-refractivity contribution in [3.05, 3.63) is 58.4 Å². The highest BCUT2D eigenvalue weighted by molar-refractivity contribution is 7.94. The van der Waals surface area contributed by atoms with Gasteiger partial charge in [0, 0.05) is 0 Å². The Kier molecular flexibility index (Phi) is 3.41. The van der Waals surface area contributed by atoms with Gasteiger partial charge in [0.15, 0.2) is 23.3 Å². The summed E-state index contributed by atoms with van der Waals surface area (Å²) >= 11 is 0. The summed E-state index contributed by atoms with van der Waals surface area (Å²) in [5.41, 5.74) is -1.78. The Morgan fingerprint density at radius 1 is 0.875 bits per heavy atom. The van der Waals surface area contributed by atoms with Crippen LogP contribution in [-0.4, -0.2) is 14.3 Å². The molecule has 0 aromatic heterocycles. The van der Waals surface area contributed by atoms with Crippen LogP contribution in [0.2, 0.25) is 0 Å². The number of amides is 1. The molecule has 2 aromatic carbocycles. The molecule has 0 saturated heterocycles. The average molecular weight is 363 g/mol. The van der Waals surface area contributed by atoms with Crippen LogP contribution in [0.4, 0.5) is 27.6 Å². The fraction of sp³-hybridized carbons (Fsp3) is 0.0714. The number of anilines is 1. The van der Waals surface area contributed by atoms with Crippen molar-refractivity contribution in [1.82, 2.24) is 0 Å². The molecule has 0 aliphatic carbocycles. The lowest BCUT2D eigenvalue weighted by atomic mass is 10.1. The van der Waals surface area contributed by atoms with Gasteiger partial charge in [0.05, 0.1) is 5.56 Å². The van der Waals surface area contributed by atoms with E-state index in [1.807, 2.05) is 0 Å². The molecule has 2 aromatic rings. The van der Waals surface area contributed by atoms with Crippen molar-refractivity contribution in [2.24, 2.45) is 0 Å². The predicted octanol–water partition coefficient (Wildman–Crippen LogP) is 3.04. The third-order valence-electron chi connectivity index (χ3n) is 3.46. The Labute approximate surface area is 132 Å². The molecule has 1 amide bonds. The summed E-state index contributed by atoms with van der Waals surface area (Å²) in [6.45, 7) is 1.53. The highest BCUT2D eigenvalue weighted by atomic mass is 32.2. The normalized spacial score (nSPS) is 15.8. The number of carbonyl (C=O) groups excluding carboxylic acids is 1. The molecule has 0 fully saturated rings. The Morgan fingerprint density at radius 2 is 1.38 bits per heavy atom. The van der Waals surface area contributed by atoms with Crippen LogP contribution in [0.1, 0.15) is 15.9 Å². The number of benzene rings is 2. The fourth-order valence-electron chi connectivity index (χ4n) is 2.35. The molecule has 4 nitrogen and oxygen atoms in total. The zero-order valence-electron chi connectivity index (χ0n) is 11.7. The molecule has 0 radical (unpaired) electrons. The van der Waals surface area contributed by atoms with E-state index in [1.165, 1.54) is 13.0 Å². The maximum atomic E-state index is 13.9. The third-order valence-corrected chi connectivity index (χ3v) is 5.20. The van der Waals surface area contributed by atoms with Gasteiger partial charge < -0.3 is 0 Å². The zero-order valence-corrected chi connectivity index (χ0v) is 12.5. The molecule has 1 heterocycles. The molecule has 3 rings (SSSR count). The van der Waals surface area contributed by atoms with Crippen LogP contribution >= 0.6 is 0 Å². The molecule has 0 N–H and O–H groups in total. The number of hydrogen-bond acceptors (Lipinski definition) is 3. The van der Waals surface area contributed by atoms with Gasteiger partial charge in [0.2, 0.25) is 5.82 Å². The Hall–Kier alpha value is -2.49. The molecular formula is C14H6F5NO3S. The van der Waals surface area contributed by atoms with Crippen LogP contribution in [-0.2, 0) is 10.0 Å². The van der Waals surface area contributed by atoms with Gasteiger partial charge in [-0.25, -0.2) is 30.4 Å². The van der Waals surface area contributed by atoms with Gasteiger partial charge in [-0.15, -0.1) is 0 Å². The minimum atomic E-state index is -4.81. The largest absolute Gasteiger partial charge is 0.273 e. The summed E-state index contributed by atoms with van der Waals surface area (Å²) < 4.78 is 91.9. The van der Waals surface area contributed by atoms with Crippen molar-refractivity contribution < 1.29 is 35.2 Å². The van der Waals surface area contributed by atoms with Gasteiger partial charge in [0.1, 0.15) is 10.6 Å². The lowest BCUT2D eigenvalue weighted by Crippen LogP contribution is -2.32. The first-order chi connectivity index (χ1) is 11.1. The second-order valence-corrected chi connectivity index (χ2v) is 6.75.